The van der Waals surface area contributed by atoms with Gasteiger partial charge in [-0.1, -0.05) is 13.8 Å². The van der Waals surface area contributed by atoms with Crippen LogP contribution in [-0.2, 0) is 0 Å². The monoisotopic (exact) mass is 170 g/mol. The summed E-state index contributed by atoms with van der Waals surface area (Å²) in [6, 6.07) is 0. The first kappa shape index (κ1) is 10.0. The van der Waals surface area contributed by atoms with E-state index in [1.807, 2.05) is 0 Å². The zero-order chi connectivity index (χ0) is 9.57. The molecule has 0 aromatic carbocycles. The van der Waals surface area contributed by atoms with E-state index in [0.29, 0.717) is 11.0 Å². The predicted octanol–water partition coefficient (Wildman–Crippen LogP) is 1.63. The van der Waals surface area contributed by atoms with E-state index < -0.39 is 0 Å². The van der Waals surface area contributed by atoms with Crippen LogP contribution in [0.15, 0.2) is 0 Å². The van der Waals surface area contributed by atoms with Crippen molar-refractivity contribution in [2.24, 2.45) is 5.41 Å². The highest BCUT2D eigenvalue weighted by Gasteiger charge is 2.44. The summed E-state index contributed by atoms with van der Waals surface area (Å²) in [5.74, 6) is 0. The quantitative estimate of drug-likeness (QED) is 0.545. The van der Waals surface area contributed by atoms with Gasteiger partial charge in [-0.05, 0) is 33.4 Å². The largest absolute Gasteiger partial charge is 0.293 e. The van der Waals surface area contributed by atoms with Crippen LogP contribution in [0.5, 0.6) is 0 Å². The molecule has 0 saturated carbocycles. The normalized spacial score (nSPS) is 30.5. The van der Waals surface area contributed by atoms with Crippen LogP contribution in [0.3, 0.4) is 0 Å². The van der Waals surface area contributed by atoms with E-state index in [1.54, 1.807) is 0 Å². The van der Waals surface area contributed by atoms with Gasteiger partial charge in [-0.15, -0.1) is 0 Å². The lowest BCUT2D eigenvalue weighted by Crippen LogP contribution is -2.63. The maximum Gasteiger partial charge on any atom is 0.0505 e. The fourth-order valence-corrected chi connectivity index (χ4v) is 1.97. The molecule has 0 unspecified atom stereocenters. The number of hydrogen-bond acceptors (Lipinski definition) is 2. The Balaban J connectivity index is 2.86. The molecule has 0 radical (unpaired) electrons. The third-order valence-electron chi connectivity index (χ3n) is 3.73. The Kier molecular flexibility index (Phi) is 2.26. The van der Waals surface area contributed by atoms with E-state index >= 15 is 0 Å². The summed E-state index contributed by atoms with van der Waals surface area (Å²) in [5.41, 5.74) is 0.675. The molecule has 2 nitrogen and oxygen atoms in total. The minimum atomic E-state index is 0.305. The van der Waals surface area contributed by atoms with Crippen LogP contribution >= 0.6 is 0 Å². The molecule has 1 rings (SSSR count). The predicted molar refractivity (Wildman–Crippen MR) is 53.1 cm³/mol. The third-order valence-corrected chi connectivity index (χ3v) is 3.73. The van der Waals surface area contributed by atoms with Gasteiger partial charge in [0.1, 0.15) is 0 Å². The number of rotatable bonds is 0. The second-order valence-corrected chi connectivity index (χ2v) is 5.30. The Morgan fingerprint density at radius 1 is 1.00 bits per heavy atom. The van der Waals surface area contributed by atoms with Gasteiger partial charge in [-0.3, -0.25) is 9.80 Å². The van der Waals surface area contributed by atoms with Crippen molar-refractivity contribution in [1.29, 1.82) is 0 Å². The number of nitrogens with zero attached hydrogens (tertiary/aromatic N) is 2. The van der Waals surface area contributed by atoms with Gasteiger partial charge < -0.3 is 0 Å². The van der Waals surface area contributed by atoms with Gasteiger partial charge in [0.2, 0.25) is 0 Å². The van der Waals surface area contributed by atoms with Crippen molar-refractivity contribution in [2.75, 3.05) is 27.3 Å². The van der Waals surface area contributed by atoms with Crippen LogP contribution in [0.4, 0.5) is 0 Å². The molecule has 1 aliphatic heterocycles. The Morgan fingerprint density at radius 3 is 1.92 bits per heavy atom. The number of hydrogen-bond donors (Lipinski definition) is 0. The molecule has 0 amide bonds. The molecule has 72 valence electrons. The summed E-state index contributed by atoms with van der Waals surface area (Å²) < 4.78 is 0. The van der Waals surface area contributed by atoms with Crippen LogP contribution in [0, 0.1) is 5.41 Å². The first-order valence-corrected chi connectivity index (χ1v) is 4.67. The standard InChI is InChI=1S/C10H22N2/c1-9(2)7-11(5)8-12(6)10(9,3)4/h7-8H2,1-6H3. The van der Waals surface area contributed by atoms with Crippen LogP contribution in [0.1, 0.15) is 27.7 Å². The smallest absolute Gasteiger partial charge is 0.0505 e. The van der Waals surface area contributed by atoms with Crippen LogP contribution in [0.2, 0.25) is 0 Å². The topological polar surface area (TPSA) is 6.48 Å². The summed E-state index contributed by atoms with van der Waals surface area (Å²) in [6.07, 6.45) is 0. The summed E-state index contributed by atoms with van der Waals surface area (Å²) in [7, 11) is 4.39. The highest BCUT2D eigenvalue weighted by atomic mass is 15.4. The van der Waals surface area contributed by atoms with Crippen molar-refractivity contribution < 1.29 is 0 Å². The molecular weight excluding hydrogens is 148 g/mol. The molecule has 0 bridgehead atoms. The lowest BCUT2D eigenvalue weighted by molar-refractivity contribution is -0.0703. The van der Waals surface area contributed by atoms with Gasteiger partial charge in [-0.25, -0.2) is 0 Å². The van der Waals surface area contributed by atoms with E-state index in [0.717, 1.165) is 6.67 Å². The van der Waals surface area contributed by atoms with E-state index in [9.17, 15) is 0 Å². The minimum absolute atomic E-state index is 0.305. The molecular formula is C10H22N2. The molecule has 1 aliphatic rings. The molecule has 0 atom stereocenters. The minimum Gasteiger partial charge on any atom is -0.293 e. The van der Waals surface area contributed by atoms with E-state index in [-0.39, 0.29) is 0 Å². The van der Waals surface area contributed by atoms with E-state index in [2.05, 4.69) is 51.6 Å². The Hall–Kier alpha value is -0.0800. The molecule has 0 N–H and O–H groups in total. The lowest BCUT2D eigenvalue weighted by atomic mass is 9.72. The van der Waals surface area contributed by atoms with Gasteiger partial charge >= 0.3 is 0 Å². The maximum absolute atomic E-state index is 2.43. The zero-order valence-electron chi connectivity index (χ0n) is 9.31. The van der Waals surface area contributed by atoms with Crippen molar-refractivity contribution in [3.8, 4) is 0 Å². The molecule has 0 spiro atoms. The van der Waals surface area contributed by atoms with Gasteiger partial charge in [0.05, 0.1) is 6.67 Å². The molecule has 12 heavy (non-hydrogen) atoms. The van der Waals surface area contributed by atoms with Gasteiger partial charge in [0, 0.05) is 12.1 Å². The first-order valence-electron chi connectivity index (χ1n) is 4.67. The molecule has 1 heterocycles. The van der Waals surface area contributed by atoms with Gasteiger partial charge in [-0.2, -0.15) is 0 Å². The average molecular weight is 170 g/mol. The average Bonchev–Trinajstić information content (AvgIpc) is 1.82. The van der Waals surface area contributed by atoms with Crippen molar-refractivity contribution in [3.63, 3.8) is 0 Å². The second-order valence-electron chi connectivity index (χ2n) is 5.30. The molecule has 0 aromatic heterocycles. The lowest BCUT2D eigenvalue weighted by Gasteiger charge is -2.54. The highest BCUT2D eigenvalue weighted by Crippen LogP contribution is 2.38. The first-order chi connectivity index (χ1) is 5.27. The summed E-state index contributed by atoms with van der Waals surface area (Å²) in [4.78, 5) is 4.81. The summed E-state index contributed by atoms with van der Waals surface area (Å²) in [6.45, 7) is 11.6. The molecule has 1 fully saturated rings. The van der Waals surface area contributed by atoms with Crippen LogP contribution < -0.4 is 0 Å². The summed E-state index contributed by atoms with van der Waals surface area (Å²) in [5, 5.41) is 0. The van der Waals surface area contributed by atoms with Crippen LogP contribution in [-0.4, -0.2) is 42.6 Å². The Labute approximate surface area is 76.5 Å². The van der Waals surface area contributed by atoms with Gasteiger partial charge in [0.25, 0.3) is 0 Å². The third kappa shape index (κ3) is 1.38. The van der Waals surface area contributed by atoms with Crippen molar-refractivity contribution in [1.82, 2.24) is 9.80 Å². The Bertz CT molecular complexity index is 173. The molecule has 1 saturated heterocycles. The molecule has 0 aliphatic carbocycles. The SMILES string of the molecule is CN1CN(C)C(C)(C)C(C)(C)C1. The van der Waals surface area contributed by atoms with Crippen molar-refractivity contribution >= 4 is 0 Å². The summed E-state index contributed by atoms with van der Waals surface area (Å²) >= 11 is 0. The maximum atomic E-state index is 2.43. The fourth-order valence-electron chi connectivity index (χ4n) is 1.97. The molecule has 2 heteroatoms. The Morgan fingerprint density at radius 2 is 1.50 bits per heavy atom. The highest BCUT2D eigenvalue weighted by molar-refractivity contribution is 4.98. The second kappa shape index (κ2) is 2.71. The van der Waals surface area contributed by atoms with E-state index in [1.165, 1.54) is 6.54 Å². The molecule has 0 aromatic rings. The fraction of sp³-hybridized carbons (Fsp3) is 1.00. The zero-order valence-corrected chi connectivity index (χ0v) is 9.31. The van der Waals surface area contributed by atoms with E-state index in [4.69, 9.17) is 0 Å². The van der Waals surface area contributed by atoms with Crippen molar-refractivity contribution in [2.45, 2.75) is 33.2 Å². The van der Waals surface area contributed by atoms with Crippen LogP contribution in [0.25, 0.3) is 0 Å². The van der Waals surface area contributed by atoms with Crippen molar-refractivity contribution in [3.05, 3.63) is 0 Å². The van der Waals surface area contributed by atoms with Gasteiger partial charge in [0.15, 0.2) is 0 Å².